The van der Waals surface area contributed by atoms with E-state index in [1.165, 1.54) is 17.8 Å². The van der Waals surface area contributed by atoms with Gasteiger partial charge < -0.3 is 10.2 Å². The van der Waals surface area contributed by atoms with E-state index in [4.69, 9.17) is 5.11 Å². The molecule has 3 nitrogen and oxygen atoms in total. The summed E-state index contributed by atoms with van der Waals surface area (Å²) in [6, 6.07) is 12.8. The molecule has 0 saturated carbocycles. The molecule has 2 N–H and O–H groups in total. The number of hydrogen-bond donors (Lipinski definition) is 2. The second kappa shape index (κ2) is 6.12. The molecule has 2 rings (SSSR count). The average Bonchev–Trinajstić information content (AvgIpc) is 2.36. The van der Waals surface area contributed by atoms with Crippen LogP contribution in [0, 0.1) is 0 Å². The minimum Gasteiger partial charge on any atom is -0.508 e. The third kappa shape index (κ3) is 4.01. The molecule has 0 atom stereocenters. The molecule has 0 aliphatic carbocycles. The van der Waals surface area contributed by atoms with Crippen molar-refractivity contribution in [3.8, 4) is 5.75 Å². The van der Waals surface area contributed by atoms with Crippen LogP contribution < -0.4 is 0 Å². The summed E-state index contributed by atoms with van der Waals surface area (Å²) in [7, 11) is 0. The van der Waals surface area contributed by atoms with Gasteiger partial charge in [-0.25, -0.2) is 0 Å². The number of aromatic hydroxyl groups is 1. The zero-order valence-corrected chi connectivity index (χ0v) is 12.2. The van der Waals surface area contributed by atoms with E-state index in [-0.39, 0.29) is 12.2 Å². The summed E-state index contributed by atoms with van der Waals surface area (Å²) in [4.78, 5) is 12.7. The maximum absolute atomic E-state index is 10.7. The molecule has 0 saturated heterocycles. The molecule has 0 unspecified atom stereocenters. The van der Waals surface area contributed by atoms with Gasteiger partial charge in [-0.05, 0) is 42.5 Å². The van der Waals surface area contributed by atoms with Crippen molar-refractivity contribution in [1.82, 2.24) is 0 Å². The lowest BCUT2D eigenvalue weighted by Gasteiger charge is -2.06. The standard InChI is InChI=1S/C14H11BrO3S/c15-10-1-3-11(4-2-10)19-12-5-6-13(16)9(7-12)8-14(17)18/h1-7,16H,8H2,(H,17,18). The zero-order chi connectivity index (χ0) is 13.8. The highest BCUT2D eigenvalue weighted by Gasteiger charge is 2.08. The Bertz CT molecular complexity index is 596. The first-order chi connectivity index (χ1) is 9.04. The van der Waals surface area contributed by atoms with Crippen LogP contribution in [0.3, 0.4) is 0 Å². The second-order valence-electron chi connectivity index (χ2n) is 3.92. The number of phenolic OH excluding ortho intramolecular Hbond substituents is 1. The van der Waals surface area contributed by atoms with E-state index in [2.05, 4.69) is 15.9 Å². The zero-order valence-electron chi connectivity index (χ0n) is 9.84. The molecular formula is C14H11BrO3S. The summed E-state index contributed by atoms with van der Waals surface area (Å²) in [6.07, 6.45) is -0.180. The van der Waals surface area contributed by atoms with Gasteiger partial charge in [-0.2, -0.15) is 0 Å². The first-order valence-corrected chi connectivity index (χ1v) is 7.12. The lowest BCUT2D eigenvalue weighted by Crippen LogP contribution is -2.00. The SMILES string of the molecule is O=C(O)Cc1cc(Sc2ccc(Br)cc2)ccc1O. The monoisotopic (exact) mass is 338 g/mol. The van der Waals surface area contributed by atoms with Gasteiger partial charge in [0, 0.05) is 19.8 Å². The largest absolute Gasteiger partial charge is 0.508 e. The van der Waals surface area contributed by atoms with E-state index in [0.29, 0.717) is 5.56 Å². The fourth-order valence-corrected chi connectivity index (χ4v) is 2.71. The number of carboxylic acid groups (broad SMARTS) is 1. The Labute approximate surface area is 123 Å². The van der Waals surface area contributed by atoms with Crippen molar-refractivity contribution in [3.63, 3.8) is 0 Å². The molecule has 5 heteroatoms. The highest BCUT2D eigenvalue weighted by atomic mass is 79.9. The van der Waals surface area contributed by atoms with Gasteiger partial charge in [0.15, 0.2) is 0 Å². The lowest BCUT2D eigenvalue weighted by molar-refractivity contribution is -0.136. The van der Waals surface area contributed by atoms with Gasteiger partial charge in [-0.1, -0.05) is 27.7 Å². The third-order valence-corrected chi connectivity index (χ3v) is 3.97. The minimum atomic E-state index is -0.957. The van der Waals surface area contributed by atoms with Gasteiger partial charge in [0.1, 0.15) is 5.75 Å². The van der Waals surface area contributed by atoms with Gasteiger partial charge in [0.25, 0.3) is 0 Å². The quantitative estimate of drug-likeness (QED) is 0.886. The number of carbonyl (C=O) groups is 1. The number of hydrogen-bond acceptors (Lipinski definition) is 3. The van der Waals surface area contributed by atoms with Crippen LogP contribution in [-0.2, 0) is 11.2 Å². The normalized spacial score (nSPS) is 10.4. The van der Waals surface area contributed by atoms with Crippen molar-refractivity contribution >= 4 is 33.7 Å². The summed E-state index contributed by atoms with van der Waals surface area (Å²) >= 11 is 4.89. The fraction of sp³-hybridized carbons (Fsp3) is 0.0714. The Morgan fingerprint density at radius 3 is 2.37 bits per heavy atom. The second-order valence-corrected chi connectivity index (χ2v) is 5.98. The third-order valence-electron chi connectivity index (χ3n) is 2.44. The first kappa shape index (κ1) is 14.0. The summed E-state index contributed by atoms with van der Waals surface area (Å²) in [6.45, 7) is 0. The van der Waals surface area contributed by atoms with E-state index in [0.717, 1.165) is 14.3 Å². The van der Waals surface area contributed by atoms with Crippen molar-refractivity contribution in [2.24, 2.45) is 0 Å². The highest BCUT2D eigenvalue weighted by Crippen LogP contribution is 2.31. The Kier molecular flexibility index (Phi) is 4.50. The summed E-state index contributed by atoms with van der Waals surface area (Å²) in [5.74, 6) is -0.941. The van der Waals surface area contributed by atoms with Gasteiger partial charge in [-0.3, -0.25) is 4.79 Å². The molecule has 0 fully saturated rings. The number of rotatable bonds is 4. The highest BCUT2D eigenvalue weighted by molar-refractivity contribution is 9.10. The molecule has 0 bridgehead atoms. The lowest BCUT2D eigenvalue weighted by atomic mass is 10.1. The van der Waals surface area contributed by atoms with E-state index in [1.807, 2.05) is 24.3 Å². The number of halogens is 1. The van der Waals surface area contributed by atoms with Crippen molar-refractivity contribution in [2.45, 2.75) is 16.2 Å². The molecule has 0 heterocycles. The van der Waals surface area contributed by atoms with Crippen LogP contribution in [0.2, 0.25) is 0 Å². The molecule has 19 heavy (non-hydrogen) atoms. The molecule has 2 aromatic carbocycles. The maximum atomic E-state index is 10.7. The van der Waals surface area contributed by atoms with Gasteiger partial charge in [0.05, 0.1) is 6.42 Å². The molecular weight excluding hydrogens is 328 g/mol. The molecule has 2 aromatic rings. The number of aliphatic carboxylic acids is 1. The summed E-state index contributed by atoms with van der Waals surface area (Å²) in [5, 5.41) is 18.4. The number of benzene rings is 2. The summed E-state index contributed by atoms with van der Waals surface area (Å²) in [5.41, 5.74) is 0.426. The number of phenols is 1. The first-order valence-electron chi connectivity index (χ1n) is 5.52. The number of carboxylic acids is 1. The molecule has 0 aromatic heterocycles. The Morgan fingerprint density at radius 2 is 1.74 bits per heavy atom. The van der Waals surface area contributed by atoms with Gasteiger partial charge in [0.2, 0.25) is 0 Å². The maximum Gasteiger partial charge on any atom is 0.307 e. The molecule has 0 spiro atoms. The summed E-state index contributed by atoms with van der Waals surface area (Å²) < 4.78 is 1.01. The van der Waals surface area contributed by atoms with E-state index >= 15 is 0 Å². The smallest absolute Gasteiger partial charge is 0.307 e. The predicted octanol–water partition coefficient (Wildman–Crippen LogP) is 3.93. The van der Waals surface area contributed by atoms with Gasteiger partial charge in [-0.15, -0.1) is 0 Å². The molecule has 0 amide bonds. The Morgan fingerprint density at radius 1 is 1.11 bits per heavy atom. The van der Waals surface area contributed by atoms with Crippen LogP contribution in [0.4, 0.5) is 0 Å². The molecule has 0 aliphatic rings. The van der Waals surface area contributed by atoms with Gasteiger partial charge >= 0.3 is 5.97 Å². The van der Waals surface area contributed by atoms with Crippen LogP contribution in [0.15, 0.2) is 56.7 Å². The van der Waals surface area contributed by atoms with Crippen LogP contribution in [0.25, 0.3) is 0 Å². The van der Waals surface area contributed by atoms with Crippen molar-refractivity contribution in [1.29, 1.82) is 0 Å². The Hall–Kier alpha value is -1.46. The van der Waals surface area contributed by atoms with E-state index in [9.17, 15) is 9.90 Å². The van der Waals surface area contributed by atoms with Crippen molar-refractivity contribution in [3.05, 3.63) is 52.5 Å². The van der Waals surface area contributed by atoms with Crippen LogP contribution >= 0.6 is 27.7 Å². The van der Waals surface area contributed by atoms with E-state index < -0.39 is 5.97 Å². The van der Waals surface area contributed by atoms with Crippen molar-refractivity contribution in [2.75, 3.05) is 0 Å². The average molecular weight is 339 g/mol. The minimum absolute atomic E-state index is 0.0163. The van der Waals surface area contributed by atoms with Crippen LogP contribution in [0.1, 0.15) is 5.56 Å². The fourth-order valence-electron chi connectivity index (χ4n) is 1.57. The van der Waals surface area contributed by atoms with Crippen molar-refractivity contribution < 1.29 is 15.0 Å². The predicted molar refractivity (Wildman–Crippen MR) is 77.7 cm³/mol. The molecule has 98 valence electrons. The van der Waals surface area contributed by atoms with Crippen LogP contribution in [0.5, 0.6) is 5.75 Å². The molecule has 0 radical (unpaired) electrons. The van der Waals surface area contributed by atoms with Crippen LogP contribution in [-0.4, -0.2) is 16.2 Å². The topological polar surface area (TPSA) is 57.5 Å². The Balaban J connectivity index is 2.21. The molecule has 0 aliphatic heterocycles. The van der Waals surface area contributed by atoms with E-state index in [1.54, 1.807) is 12.1 Å².